The predicted octanol–water partition coefficient (Wildman–Crippen LogP) is 3.72. The van der Waals surface area contributed by atoms with Crippen molar-refractivity contribution in [2.45, 2.75) is 18.8 Å². The van der Waals surface area contributed by atoms with E-state index in [1.807, 2.05) is 18.2 Å². The van der Waals surface area contributed by atoms with Crippen molar-refractivity contribution in [3.63, 3.8) is 0 Å². The molecule has 0 bridgehead atoms. The smallest absolute Gasteiger partial charge is 0.181 e. The fourth-order valence-electron chi connectivity index (χ4n) is 1.73. The maximum Gasteiger partial charge on any atom is 0.181 e. The molecular formula is C11H8FS. The molecule has 1 saturated carbocycles. The molecule has 1 aliphatic rings. The number of hydrogen-bond acceptors (Lipinski definition) is 1. The Morgan fingerprint density at radius 1 is 1.46 bits per heavy atom. The van der Waals surface area contributed by atoms with Crippen LogP contribution in [-0.2, 0) is 0 Å². The molecule has 1 heterocycles. The summed E-state index contributed by atoms with van der Waals surface area (Å²) in [5.41, 5.74) is 0.942. The average Bonchev–Trinajstić information content (AvgIpc) is 2.88. The predicted molar refractivity (Wildman–Crippen MR) is 52.6 cm³/mol. The summed E-state index contributed by atoms with van der Waals surface area (Å²) in [6.45, 7) is 0. The lowest BCUT2D eigenvalue weighted by Crippen LogP contribution is -1.78. The van der Waals surface area contributed by atoms with Gasteiger partial charge in [-0.3, -0.25) is 0 Å². The topological polar surface area (TPSA) is 0 Å². The fourth-order valence-corrected chi connectivity index (χ4v) is 2.72. The van der Waals surface area contributed by atoms with Crippen LogP contribution in [0.4, 0.5) is 4.39 Å². The molecule has 0 saturated heterocycles. The molecule has 2 heteroatoms. The molecule has 3 rings (SSSR count). The van der Waals surface area contributed by atoms with Gasteiger partial charge in [-0.25, -0.2) is 0 Å². The quantitative estimate of drug-likeness (QED) is 0.644. The number of fused-ring (bicyclic) bond motifs is 1. The Morgan fingerprint density at radius 3 is 3.08 bits per heavy atom. The van der Waals surface area contributed by atoms with Crippen LogP contribution in [0.3, 0.4) is 0 Å². The van der Waals surface area contributed by atoms with E-state index in [2.05, 4.69) is 6.07 Å². The summed E-state index contributed by atoms with van der Waals surface area (Å²) in [7, 11) is 0. The van der Waals surface area contributed by atoms with Gasteiger partial charge in [0.05, 0.1) is 0 Å². The van der Waals surface area contributed by atoms with E-state index in [0.29, 0.717) is 5.92 Å². The van der Waals surface area contributed by atoms with E-state index in [1.54, 1.807) is 0 Å². The van der Waals surface area contributed by atoms with Gasteiger partial charge in [0.15, 0.2) is 5.13 Å². The number of hydrogen-bond donors (Lipinski definition) is 0. The van der Waals surface area contributed by atoms with Crippen molar-refractivity contribution in [3.8, 4) is 0 Å². The molecule has 0 N–H and O–H groups in total. The average molecular weight is 191 g/mol. The Labute approximate surface area is 80.0 Å². The van der Waals surface area contributed by atoms with Crippen molar-refractivity contribution in [3.05, 3.63) is 35.0 Å². The molecule has 0 aliphatic heterocycles. The maximum atomic E-state index is 13.5. The van der Waals surface area contributed by atoms with E-state index in [0.717, 1.165) is 28.5 Å². The maximum absolute atomic E-state index is 13.5. The highest BCUT2D eigenvalue weighted by atomic mass is 32.1. The minimum atomic E-state index is 0.0112. The summed E-state index contributed by atoms with van der Waals surface area (Å²) < 4.78 is 14.6. The lowest BCUT2D eigenvalue weighted by Gasteiger charge is -1.93. The molecule has 1 aliphatic carbocycles. The molecule has 1 aromatic heterocycles. The van der Waals surface area contributed by atoms with Gasteiger partial charge < -0.3 is 0 Å². The van der Waals surface area contributed by atoms with Gasteiger partial charge in [-0.2, -0.15) is 4.39 Å². The summed E-state index contributed by atoms with van der Waals surface area (Å²) in [5.74, 6) is 0.490. The molecular weight excluding hydrogens is 183 g/mol. The molecule has 0 amide bonds. The Kier molecular flexibility index (Phi) is 1.47. The molecule has 13 heavy (non-hydrogen) atoms. The first-order valence-corrected chi connectivity index (χ1v) is 5.26. The second-order valence-corrected chi connectivity index (χ2v) is 4.49. The first-order valence-electron chi connectivity index (χ1n) is 4.44. The third kappa shape index (κ3) is 1.09. The SMILES string of the molecule is Fc1sc2cc[c]cc2c1C1CC1. The highest BCUT2D eigenvalue weighted by Crippen LogP contribution is 2.46. The number of benzene rings is 1. The van der Waals surface area contributed by atoms with E-state index in [1.165, 1.54) is 11.3 Å². The third-order valence-electron chi connectivity index (χ3n) is 2.51. The molecule has 0 unspecified atom stereocenters. The van der Waals surface area contributed by atoms with Crippen LogP contribution in [0.1, 0.15) is 24.3 Å². The normalized spacial score (nSPS) is 16.7. The van der Waals surface area contributed by atoms with Crippen LogP contribution in [0, 0.1) is 11.2 Å². The van der Waals surface area contributed by atoms with Crippen molar-refractivity contribution < 1.29 is 4.39 Å². The van der Waals surface area contributed by atoms with Crippen LogP contribution >= 0.6 is 11.3 Å². The van der Waals surface area contributed by atoms with E-state index < -0.39 is 0 Å². The van der Waals surface area contributed by atoms with Gasteiger partial charge in [0.2, 0.25) is 0 Å². The molecule has 65 valence electrons. The number of thiophene rings is 1. The summed E-state index contributed by atoms with van der Waals surface area (Å²) in [6.07, 6.45) is 2.30. The lowest BCUT2D eigenvalue weighted by molar-refractivity contribution is 0.643. The number of rotatable bonds is 1. The van der Waals surface area contributed by atoms with Crippen molar-refractivity contribution in [2.24, 2.45) is 0 Å². The van der Waals surface area contributed by atoms with Gasteiger partial charge in [-0.15, -0.1) is 11.3 Å². The Bertz CT molecular complexity index is 454. The van der Waals surface area contributed by atoms with Crippen LogP contribution in [0.5, 0.6) is 0 Å². The first kappa shape index (κ1) is 7.51. The number of halogens is 1. The second-order valence-electron chi connectivity index (χ2n) is 3.49. The Morgan fingerprint density at radius 2 is 2.31 bits per heavy atom. The van der Waals surface area contributed by atoms with Crippen LogP contribution in [0.25, 0.3) is 10.1 Å². The van der Waals surface area contributed by atoms with Crippen LogP contribution in [0.2, 0.25) is 0 Å². The highest BCUT2D eigenvalue weighted by Gasteiger charge is 2.29. The summed E-state index contributed by atoms with van der Waals surface area (Å²) in [5, 5.41) is 1.09. The van der Waals surface area contributed by atoms with E-state index >= 15 is 0 Å². The minimum Gasteiger partial charge on any atom is -0.195 e. The van der Waals surface area contributed by atoms with Crippen LogP contribution in [-0.4, -0.2) is 0 Å². The summed E-state index contributed by atoms with van der Waals surface area (Å²) >= 11 is 1.26. The first-order chi connectivity index (χ1) is 6.36. The van der Waals surface area contributed by atoms with E-state index in [4.69, 9.17) is 0 Å². The van der Waals surface area contributed by atoms with E-state index in [9.17, 15) is 4.39 Å². The van der Waals surface area contributed by atoms with Gasteiger partial charge in [0.1, 0.15) is 0 Å². The molecule has 0 nitrogen and oxygen atoms in total. The molecule has 1 aromatic carbocycles. The van der Waals surface area contributed by atoms with Crippen molar-refractivity contribution in [1.82, 2.24) is 0 Å². The Hall–Kier alpha value is -0.890. The zero-order chi connectivity index (χ0) is 8.84. The molecule has 0 spiro atoms. The molecule has 1 fully saturated rings. The molecule has 2 aromatic rings. The van der Waals surface area contributed by atoms with Gasteiger partial charge in [0, 0.05) is 10.3 Å². The Balaban J connectivity index is 2.35. The van der Waals surface area contributed by atoms with Gasteiger partial charge in [0.25, 0.3) is 0 Å². The standard InChI is InChI=1S/C11H8FS/c12-11-10(7-5-6-7)8-3-1-2-4-9(8)13-11/h2-4,7H,5-6H2. The van der Waals surface area contributed by atoms with Crippen molar-refractivity contribution in [2.75, 3.05) is 0 Å². The zero-order valence-corrected chi connectivity index (χ0v) is 7.83. The van der Waals surface area contributed by atoms with Gasteiger partial charge in [-0.1, -0.05) is 6.07 Å². The van der Waals surface area contributed by atoms with E-state index in [-0.39, 0.29) is 5.13 Å². The van der Waals surface area contributed by atoms with Crippen LogP contribution in [0.15, 0.2) is 18.2 Å². The van der Waals surface area contributed by atoms with Crippen LogP contribution < -0.4 is 0 Å². The largest absolute Gasteiger partial charge is 0.195 e. The zero-order valence-electron chi connectivity index (χ0n) is 7.01. The summed E-state index contributed by atoms with van der Waals surface area (Å²) in [4.78, 5) is 0. The van der Waals surface area contributed by atoms with Gasteiger partial charge in [-0.05, 0) is 42.3 Å². The monoisotopic (exact) mass is 191 g/mol. The van der Waals surface area contributed by atoms with Crippen molar-refractivity contribution >= 4 is 21.4 Å². The van der Waals surface area contributed by atoms with Gasteiger partial charge >= 0.3 is 0 Å². The highest BCUT2D eigenvalue weighted by molar-refractivity contribution is 7.17. The third-order valence-corrected chi connectivity index (χ3v) is 3.49. The summed E-state index contributed by atoms with van der Waals surface area (Å²) in [6, 6.07) is 8.70. The molecule has 0 atom stereocenters. The second kappa shape index (κ2) is 2.55. The fraction of sp³-hybridized carbons (Fsp3) is 0.273. The lowest BCUT2D eigenvalue weighted by atomic mass is 10.1. The van der Waals surface area contributed by atoms with Crippen molar-refractivity contribution in [1.29, 1.82) is 0 Å². The minimum absolute atomic E-state index is 0.0112. The molecule has 1 radical (unpaired) electrons.